The van der Waals surface area contributed by atoms with Gasteiger partial charge in [-0.1, -0.05) is 37.3 Å². The van der Waals surface area contributed by atoms with Crippen LogP contribution in [0.25, 0.3) is 21.3 Å². The molecular weight excluding hydrogens is 452 g/mol. The van der Waals surface area contributed by atoms with Crippen LogP contribution in [-0.4, -0.2) is 18.0 Å². The molecule has 0 saturated carbocycles. The first kappa shape index (κ1) is 23.3. The number of nitrogens with one attached hydrogen (secondary N) is 1. The van der Waals surface area contributed by atoms with Crippen LogP contribution in [0.1, 0.15) is 39.8 Å². The van der Waals surface area contributed by atoms with E-state index in [0.29, 0.717) is 11.5 Å². The van der Waals surface area contributed by atoms with E-state index in [4.69, 9.17) is 9.72 Å². The monoisotopic (exact) mass is 477 g/mol. The average Bonchev–Trinajstić information content (AvgIpc) is 3.15. The maximum Gasteiger partial charge on any atom is 0.258 e. The van der Waals surface area contributed by atoms with Crippen molar-refractivity contribution in [3.05, 3.63) is 76.3 Å². The summed E-state index contributed by atoms with van der Waals surface area (Å²) >= 11 is 1.79. The lowest BCUT2D eigenvalue weighted by Gasteiger charge is -2.20. The van der Waals surface area contributed by atoms with Gasteiger partial charge in [-0.15, -0.1) is 11.3 Å². The van der Waals surface area contributed by atoms with E-state index in [0.717, 1.165) is 51.3 Å². The molecule has 0 aliphatic heterocycles. The third-order valence-electron chi connectivity index (χ3n) is 6.26. The van der Waals surface area contributed by atoms with Gasteiger partial charge in [0.25, 0.3) is 5.91 Å². The number of anilines is 1. The molecule has 1 aliphatic rings. The summed E-state index contributed by atoms with van der Waals surface area (Å²) in [5.74, 6) is 1.35. The van der Waals surface area contributed by atoms with Gasteiger partial charge in [0.05, 0.1) is 18.4 Å². The van der Waals surface area contributed by atoms with Crippen molar-refractivity contribution >= 4 is 33.1 Å². The number of methoxy groups -OCH3 is 1. The van der Waals surface area contributed by atoms with Gasteiger partial charge < -0.3 is 22.5 Å². The van der Waals surface area contributed by atoms with E-state index < -0.39 is 0 Å². The van der Waals surface area contributed by atoms with Crippen molar-refractivity contribution < 1.29 is 21.9 Å². The fourth-order valence-electron chi connectivity index (χ4n) is 4.63. The molecular formula is C27H26ClN2O2S-. The molecule has 0 fully saturated rings. The predicted octanol–water partition coefficient (Wildman–Crippen LogP) is 3.66. The van der Waals surface area contributed by atoms with Gasteiger partial charge in [0.1, 0.15) is 10.6 Å². The zero-order chi connectivity index (χ0) is 22.2. The molecule has 5 rings (SSSR count). The van der Waals surface area contributed by atoms with Crippen LogP contribution in [0.3, 0.4) is 0 Å². The van der Waals surface area contributed by atoms with E-state index in [1.807, 2.05) is 61.5 Å². The molecule has 4 aromatic rings. The Bertz CT molecular complexity index is 1300. The maximum absolute atomic E-state index is 13.6. The van der Waals surface area contributed by atoms with Crippen LogP contribution in [0.5, 0.6) is 5.75 Å². The van der Waals surface area contributed by atoms with Crippen molar-refractivity contribution in [1.29, 1.82) is 0 Å². The van der Waals surface area contributed by atoms with E-state index in [1.165, 1.54) is 16.9 Å². The molecule has 1 aliphatic carbocycles. The fraction of sp³-hybridized carbons (Fsp3) is 0.259. The smallest absolute Gasteiger partial charge is 0.258 e. The summed E-state index contributed by atoms with van der Waals surface area (Å²) in [5.41, 5.74) is 5.54. The molecule has 1 atom stereocenters. The second kappa shape index (κ2) is 9.54. The first-order valence-electron chi connectivity index (χ1n) is 11.0. The molecule has 6 heteroatoms. The second-order valence-electron chi connectivity index (χ2n) is 8.53. The lowest BCUT2D eigenvalue weighted by atomic mass is 9.86. The summed E-state index contributed by atoms with van der Waals surface area (Å²) in [6.45, 7) is 4.25. The minimum atomic E-state index is -0.127. The number of hydrogen-bond acceptors (Lipinski definition) is 4. The standard InChI is InChI=1S/C27H26N2O2S.ClH/c1-16-9-14-21-22(15-16)32-27-25(21)24(18-10-12-20(31-3)13-11-18)23(17(2)28-27)26(30)29-19-7-5-4-6-8-19;/h4-8,10-13,16H,9,14-15H2,1-3H3,(H,29,30);1H/p-1. The topological polar surface area (TPSA) is 51.2 Å². The number of ether oxygens (including phenoxy) is 1. The van der Waals surface area contributed by atoms with Gasteiger partial charge in [-0.2, -0.15) is 0 Å². The Labute approximate surface area is 204 Å². The number of rotatable bonds is 4. The molecule has 1 amide bonds. The van der Waals surface area contributed by atoms with Crippen molar-refractivity contribution in [1.82, 2.24) is 4.98 Å². The van der Waals surface area contributed by atoms with Gasteiger partial charge in [-0.25, -0.2) is 4.98 Å². The van der Waals surface area contributed by atoms with Crippen LogP contribution in [0, 0.1) is 12.8 Å². The van der Waals surface area contributed by atoms with E-state index in [9.17, 15) is 4.79 Å². The first-order valence-corrected chi connectivity index (χ1v) is 11.8. The molecule has 2 aromatic carbocycles. The Balaban J connectivity index is 0.00000259. The average molecular weight is 478 g/mol. The number of aryl methyl sites for hydroxylation is 2. The number of nitrogens with zero attached hydrogens (tertiary/aromatic N) is 1. The van der Waals surface area contributed by atoms with Crippen molar-refractivity contribution in [3.63, 3.8) is 0 Å². The molecule has 1 unspecified atom stereocenters. The van der Waals surface area contributed by atoms with E-state index in [-0.39, 0.29) is 18.3 Å². The summed E-state index contributed by atoms with van der Waals surface area (Å²) < 4.78 is 5.37. The molecule has 1 N–H and O–H groups in total. The summed E-state index contributed by atoms with van der Waals surface area (Å²) in [7, 11) is 1.67. The lowest BCUT2D eigenvalue weighted by Crippen LogP contribution is -3.00. The molecule has 4 nitrogen and oxygen atoms in total. The van der Waals surface area contributed by atoms with Gasteiger partial charge >= 0.3 is 0 Å². The van der Waals surface area contributed by atoms with Crippen LogP contribution in [-0.2, 0) is 12.8 Å². The minimum Gasteiger partial charge on any atom is -1.00 e. The molecule has 0 saturated heterocycles. The highest BCUT2D eigenvalue weighted by molar-refractivity contribution is 7.19. The Morgan fingerprint density at radius 1 is 1.12 bits per heavy atom. The Kier molecular flexibility index (Phi) is 6.73. The van der Waals surface area contributed by atoms with Crippen molar-refractivity contribution in [3.8, 4) is 16.9 Å². The number of fused-ring (bicyclic) bond motifs is 3. The summed E-state index contributed by atoms with van der Waals surface area (Å²) in [6, 6.07) is 17.6. The number of benzene rings is 2. The number of amides is 1. The van der Waals surface area contributed by atoms with Gasteiger partial charge in [-0.3, -0.25) is 4.79 Å². The third kappa shape index (κ3) is 4.35. The lowest BCUT2D eigenvalue weighted by molar-refractivity contribution is -0.0000145. The van der Waals surface area contributed by atoms with E-state index >= 15 is 0 Å². The molecule has 0 radical (unpaired) electrons. The zero-order valence-corrected chi connectivity index (χ0v) is 20.5. The van der Waals surface area contributed by atoms with Gasteiger partial charge in [0.2, 0.25) is 0 Å². The highest BCUT2D eigenvalue weighted by Crippen LogP contribution is 2.44. The van der Waals surface area contributed by atoms with Crippen LogP contribution >= 0.6 is 11.3 Å². The van der Waals surface area contributed by atoms with Crippen molar-refractivity contribution in [2.45, 2.75) is 33.1 Å². The highest BCUT2D eigenvalue weighted by Gasteiger charge is 2.27. The predicted molar refractivity (Wildman–Crippen MR) is 132 cm³/mol. The fourth-order valence-corrected chi connectivity index (χ4v) is 6.06. The molecule has 2 aromatic heterocycles. The number of thiophene rings is 1. The second-order valence-corrected chi connectivity index (χ2v) is 9.61. The van der Waals surface area contributed by atoms with Crippen molar-refractivity contribution in [2.24, 2.45) is 5.92 Å². The molecule has 170 valence electrons. The summed E-state index contributed by atoms with van der Waals surface area (Å²) in [6.07, 6.45) is 3.29. The Hall–Kier alpha value is -2.89. The molecule has 33 heavy (non-hydrogen) atoms. The van der Waals surface area contributed by atoms with Crippen LogP contribution in [0.2, 0.25) is 0 Å². The van der Waals surface area contributed by atoms with Gasteiger partial charge in [0, 0.05) is 21.5 Å². The third-order valence-corrected chi connectivity index (χ3v) is 7.41. The number of pyridine rings is 1. The molecule has 2 heterocycles. The normalized spacial score (nSPS) is 14.9. The largest absolute Gasteiger partial charge is 1.00 e. The van der Waals surface area contributed by atoms with E-state index in [2.05, 4.69) is 12.2 Å². The highest BCUT2D eigenvalue weighted by atomic mass is 35.5. The Morgan fingerprint density at radius 3 is 2.55 bits per heavy atom. The number of carbonyl (C=O) groups is 1. The molecule has 0 spiro atoms. The maximum atomic E-state index is 13.6. The minimum absolute atomic E-state index is 0. The van der Waals surface area contributed by atoms with Crippen LogP contribution in [0.4, 0.5) is 5.69 Å². The summed E-state index contributed by atoms with van der Waals surface area (Å²) in [4.78, 5) is 20.9. The number of halogens is 1. The van der Waals surface area contributed by atoms with E-state index in [1.54, 1.807) is 18.4 Å². The number of hydrogen-bond donors (Lipinski definition) is 1. The zero-order valence-electron chi connectivity index (χ0n) is 18.9. The quantitative estimate of drug-likeness (QED) is 0.488. The number of para-hydroxylation sites is 1. The van der Waals surface area contributed by atoms with Crippen LogP contribution < -0.4 is 22.5 Å². The number of carbonyl (C=O) groups excluding carboxylic acids is 1. The first-order chi connectivity index (χ1) is 15.5. The van der Waals surface area contributed by atoms with Crippen LogP contribution in [0.15, 0.2) is 54.6 Å². The molecule has 0 bridgehead atoms. The summed E-state index contributed by atoms with van der Waals surface area (Å²) in [5, 5.41) is 4.22. The van der Waals surface area contributed by atoms with Gasteiger partial charge in [0.15, 0.2) is 0 Å². The Morgan fingerprint density at radius 2 is 1.85 bits per heavy atom. The SMILES string of the molecule is COc1ccc(-c2c(C(=O)Nc3ccccc3)c(C)nc3sc4c(c23)CCC(C)C4)cc1.[Cl-]. The number of aromatic nitrogens is 1. The van der Waals surface area contributed by atoms with Crippen molar-refractivity contribution in [2.75, 3.05) is 12.4 Å². The van der Waals surface area contributed by atoms with Gasteiger partial charge in [-0.05, 0) is 67.5 Å².